The van der Waals surface area contributed by atoms with Gasteiger partial charge in [-0.25, -0.2) is 9.78 Å². The molecule has 2 aromatic carbocycles. The van der Waals surface area contributed by atoms with Crippen molar-refractivity contribution < 1.29 is 48.6 Å². The number of aromatic amines is 3. The zero-order valence-corrected chi connectivity index (χ0v) is 44.0. The summed E-state index contributed by atoms with van der Waals surface area (Å²) in [5.74, 6) is -7.23. The highest BCUT2D eigenvalue weighted by Gasteiger charge is 2.35. The molecule has 26 nitrogen and oxygen atoms in total. The van der Waals surface area contributed by atoms with Crippen molar-refractivity contribution in [2.45, 2.75) is 127 Å². The number of guanidine groups is 1. The zero-order chi connectivity index (χ0) is 56.9. The lowest BCUT2D eigenvalue weighted by Gasteiger charge is -2.28. The van der Waals surface area contributed by atoms with Gasteiger partial charge in [0.05, 0.1) is 12.9 Å². The molecule has 3 heterocycles. The van der Waals surface area contributed by atoms with Crippen LogP contribution in [0.3, 0.4) is 0 Å². The SMILES string of the molecule is CC(C)C[C@H](NC(=O)[C@H](Cc1c[nH]c2ccccc12)NC(=O)[C@H](CCCCN)NC(=O)[C@H](CCCN=C(N)N)NC(=O)[C@H](C)NC(=O)[C@H](Cc1cnc[nH]1)NC(=O)[C@@H](N)CO)C(=O)N[C@@H](Cc1c[nH]c2ccccc12)C(=O)O. The maximum Gasteiger partial charge on any atom is 0.326 e. The van der Waals surface area contributed by atoms with Crippen LogP contribution in [0.4, 0.5) is 0 Å². The number of nitrogens with one attached hydrogen (secondary N) is 10. The lowest BCUT2D eigenvalue weighted by atomic mass is 9.99. The summed E-state index contributed by atoms with van der Waals surface area (Å²) in [4.78, 5) is 127. The monoisotopic (exact) mass is 1080 g/mol. The van der Waals surface area contributed by atoms with Crippen molar-refractivity contribution >= 4 is 75.1 Å². The number of nitrogens with zero attached hydrogens (tertiary/aromatic N) is 2. The molecule has 0 saturated carbocycles. The molecular formula is C52H74N16O10. The van der Waals surface area contributed by atoms with Gasteiger partial charge in [-0.3, -0.25) is 38.6 Å². The van der Waals surface area contributed by atoms with E-state index in [2.05, 4.69) is 62.1 Å². The van der Waals surface area contributed by atoms with Gasteiger partial charge in [0, 0.05) is 71.9 Å². The minimum atomic E-state index is -1.37. The average Bonchev–Trinajstić information content (AvgIpc) is 4.19. The van der Waals surface area contributed by atoms with Crippen molar-refractivity contribution in [3.63, 3.8) is 0 Å². The van der Waals surface area contributed by atoms with Crippen molar-refractivity contribution in [1.29, 1.82) is 0 Å². The number of aliphatic imine (C=N–C) groups is 1. The standard InChI is InChI=1S/C52H74N16O10/c1-28(2)19-40(49(75)68-43(51(77)78)21-31-24-60-37-14-7-5-12-34(31)37)66-50(76)41(20-30-23-59-36-13-6-4-11-33(30)36)67-47(73)38(15-8-9-17-53)64-46(72)39(16-10-18-58-52(55)56)63-44(70)29(3)62-48(74)42(22-32-25-57-27-61-32)65-45(71)35(54)26-69/h4-7,11-14,23-25,27-29,35,38-43,59-60,69H,8-10,15-22,26,53-54H2,1-3H3,(H,57,61)(H,62,74)(H,63,70)(H,64,72)(H,65,71)(H,66,76)(H,67,73)(H,68,75)(H,77,78)(H4,55,56,58)/t29-,35-,38-,39-,40-,41-,42-,43-/m0/s1. The van der Waals surface area contributed by atoms with Gasteiger partial charge in [-0.15, -0.1) is 0 Å². The summed E-state index contributed by atoms with van der Waals surface area (Å²) in [5, 5.41) is 39.8. The number of fused-ring (bicyclic) bond motifs is 2. The fourth-order valence-electron chi connectivity index (χ4n) is 8.64. The predicted octanol–water partition coefficient (Wildman–Crippen LogP) is -1.55. The molecule has 422 valence electrons. The highest BCUT2D eigenvalue weighted by atomic mass is 16.4. The Labute approximate surface area is 450 Å². The van der Waals surface area contributed by atoms with E-state index in [0.29, 0.717) is 29.7 Å². The van der Waals surface area contributed by atoms with Crippen LogP contribution in [-0.4, -0.2) is 151 Å². The summed E-state index contributed by atoms with van der Waals surface area (Å²) < 4.78 is 0. The van der Waals surface area contributed by atoms with Crippen LogP contribution in [-0.2, 0) is 57.6 Å². The molecule has 78 heavy (non-hydrogen) atoms. The lowest BCUT2D eigenvalue weighted by Crippen LogP contribution is -2.60. The number of aliphatic hydroxyl groups is 1. The molecule has 0 aliphatic rings. The molecule has 7 amide bonds. The second-order valence-corrected chi connectivity index (χ2v) is 19.5. The molecule has 0 saturated heterocycles. The molecule has 0 aliphatic carbocycles. The van der Waals surface area contributed by atoms with E-state index in [1.54, 1.807) is 12.4 Å². The van der Waals surface area contributed by atoms with Gasteiger partial charge in [0.15, 0.2) is 5.96 Å². The number of hydrogen-bond donors (Lipinski definition) is 16. The van der Waals surface area contributed by atoms with E-state index in [-0.39, 0.29) is 69.9 Å². The summed E-state index contributed by atoms with van der Waals surface area (Å²) in [6, 6.07) is 4.10. The molecule has 0 fully saturated rings. The number of aliphatic carboxylic acids is 1. The van der Waals surface area contributed by atoms with Crippen LogP contribution in [0.2, 0.25) is 0 Å². The van der Waals surface area contributed by atoms with E-state index in [9.17, 15) is 48.6 Å². The maximum absolute atomic E-state index is 14.7. The van der Waals surface area contributed by atoms with E-state index < -0.39 is 102 Å². The third kappa shape index (κ3) is 18.2. The number of amides is 7. The minimum absolute atomic E-state index is 0.0338. The second-order valence-electron chi connectivity index (χ2n) is 19.5. The Morgan fingerprint density at radius 1 is 0.603 bits per heavy atom. The fourth-order valence-corrected chi connectivity index (χ4v) is 8.64. The van der Waals surface area contributed by atoms with E-state index in [4.69, 9.17) is 22.9 Å². The van der Waals surface area contributed by atoms with Crippen molar-refractivity contribution in [3.05, 3.63) is 90.3 Å². The molecule has 3 aromatic heterocycles. The number of rotatable bonds is 32. The number of H-pyrrole nitrogens is 3. The van der Waals surface area contributed by atoms with Gasteiger partial charge in [-0.2, -0.15) is 0 Å². The Balaban J connectivity index is 1.38. The van der Waals surface area contributed by atoms with E-state index >= 15 is 0 Å². The number of imidazole rings is 1. The van der Waals surface area contributed by atoms with Crippen molar-refractivity contribution in [3.8, 4) is 0 Å². The summed E-state index contributed by atoms with van der Waals surface area (Å²) in [5.41, 5.74) is 25.9. The Bertz CT molecular complexity index is 2840. The fraction of sp³-hybridized carbons (Fsp3) is 0.462. The number of aromatic nitrogens is 4. The number of aliphatic hydroxyl groups excluding tert-OH is 1. The van der Waals surface area contributed by atoms with Crippen molar-refractivity contribution in [2.75, 3.05) is 19.7 Å². The van der Waals surface area contributed by atoms with Crippen molar-refractivity contribution in [1.82, 2.24) is 57.2 Å². The number of nitrogens with two attached hydrogens (primary N) is 4. The first kappa shape index (κ1) is 60.5. The molecule has 0 bridgehead atoms. The van der Waals surface area contributed by atoms with Crippen LogP contribution < -0.4 is 60.2 Å². The number of carbonyl (C=O) groups is 8. The van der Waals surface area contributed by atoms with Crippen LogP contribution in [0.25, 0.3) is 21.8 Å². The van der Waals surface area contributed by atoms with Gasteiger partial charge in [-0.1, -0.05) is 50.2 Å². The molecule has 5 rings (SSSR count). The molecule has 0 unspecified atom stereocenters. The highest BCUT2D eigenvalue weighted by molar-refractivity contribution is 5.98. The Hall–Kier alpha value is -8.36. The molecule has 20 N–H and O–H groups in total. The summed E-state index contributed by atoms with van der Waals surface area (Å²) in [6.07, 6.45) is 6.98. The summed E-state index contributed by atoms with van der Waals surface area (Å²) in [7, 11) is 0. The Kier molecular flexibility index (Phi) is 23.1. The van der Waals surface area contributed by atoms with Crippen LogP contribution in [0.1, 0.15) is 76.1 Å². The number of unbranched alkanes of at least 4 members (excludes halogenated alkanes) is 1. The summed E-state index contributed by atoms with van der Waals surface area (Å²) in [6.45, 7) is 4.63. The van der Waals surface area contributed by atoms with Gasteiger partial charge in [0.1, 0.15) is 48.3 Å². The van der Waals surface area contributed by atoms with Gasteiger partial charge >= 0.3 is 5.97 Å². The molecule has 0 spiro atoms. The Morgan fingerprint density at radius 2 is 1.09 bits per heavy atom. The molecule has 8 atom stereocenters. The third-order valence-corrected chi connectivity index (χ3v) is 12.8. The second kappa shape index (κ2) is 29.8. The van der Waals surface area contributed by atoms with Gasteiger partial charge in [-0.05, 0) is 81.2 Å². The Morgan fingerprint density at radius 3 is 1.64 bits per heavy atom. The van der Waals surface area contributed by atoms with Crippen molar-refractivity contribution in [2.24, 2.45) is 33.8 Å². The first-order valence-electron chi connectivity index (χ1n) is 25.8. The molecule has 26 heteroatoms. The quantitative estimate of drug-likeness (QED) is 0.0132. The molecule has 5 aromatic rings. The van der Waals surface area contributed by atoms with Crippen LogP contribution in [0, 0.1) is 5.92 Å². The molecule has 0 radical (unpaired) electrons. The first-order chi connectivity index (χ1) is 37.3. The van der Waals surface area contributed by atoms with E-state index in [0.717, 1.165) is 21.8 Å². The number of carbonyl (C=O) groups excluding carboxylic acids is 7. The number of hydrogen-bond acceptors (Lipinski definition) is 13. The largest absolute Gasteiger partial charge is 0.480 e. The maximum atomic E-state index is 14.7. The zero-order valence-electron chi connectivity index (χ0n) is 44.0. The van der Waals surface area contributed by atoms with Crippen LogP contribution in [0.15, 0.2) is 78.4 Å². The number of carboxylic acid groups (broad SMARTS) is 1. The predicted molar refractivity (Wildman–Crippen MR) is 290 cm³/mol. The number of carboxylic acids is 1. The average molecular weight is 1080 g/mol. The summed E-state index contributed by atoms with van der Waals surface area (Å²) >= 11 is 0. The first-order valence-corrected chi connectivity index (χ1v) is 25.8. The van der Waals surface area contributed by atoms with Gasteiger partial charge < -0.3 is 85.3 Å². The number of benzene rings is 2. The van der Waals surface area contributed by atoms with E-state index in [1.807, 2.05) is 62.4 Å². The van der Waals surface area contributed by atoms with Crippen LogP contribution >= 0.6 is 0 Å². The highest BCUT2D eigenvalue weighted by Crippen LogP contribution is 2.21. The third-order valence-electron chi connectivity index (χ3n) is 12.8. The minimum Gasteiger partial charge on any atom is -0.480 e. The van der Waals surface area contributed by atoms with Gasteiger partial charge in [0.25, 0.3) is 0 Å². The number of para-hydroxylation sites is 2. The van der Waals surface area contributed by atoms with Gasteiger partial charge in [0.2, 0.25) is 41.4 Å². The molecule has 0 aliphatic heterocycles. The molecular weight excluding hydrogens is 1010 g/mol. The lowest BCUT2D eigenvalue weighted by molar-refractivity contribution is -0.142. The topological polar surface area (TPSA) is 438 Å². The smallest absolute Gasteiger partial charge is 0.326 e. The normalized spacial score (nSPS) is 14.4. The van der Waals surface area contributed by atoms with E-state index in [1.165, 1.54) is 19.4 Å². The van der Waals surface area contributed by atoms with Crippen LogP contribution in [0.5, 0.6) is 0 Å².